The van der Waals surface area contributed by atoms with Crippen molar-refractivity contribution >= 4 is 45.8 Å². The van der Waals surface area contributed by atoms with Crippen molar-refractivity contribution in [3.63, 3.8) is 0 Å². The number of ether oxygens (including phenoxy) is 1. The molecule has 44 heavy (non-hydrogen) atoms. The van der Waals surface area contributed by atoms with Crippen molar-refractivity contribution in [2.24, 2.45) is 17.3 Å². The molecule has 2 aliphatic heterocycles. The number of fused-ring (bicyclic) bond motifs is 3. The van der Waals surface area contributed by atoms with E-state index < -0.39 is 12.1 Å². The Kier molecular flexibility index (Phi) is 7.37. The number of likely N-dealkylation sites (tertiary alicyclic amines) is 1. The summed E-state index contributed by atoms with van der Waals surface area (Å²) < 4.78 is 41.3. The number of piperidine rings is 1. The summed E-state index contributed by atoms with van der Waals surface area (Å²) in [7, 11) is 0. The van der Waals surface area contributed by atoms with E-state index in [4.69, 9.17) is 26.2 Å². The number of carboxylic acid groups (broad SMARTS) is 1. The van der Waals surface area contributed by atoms with Crippen molar-refractivity contribution in [3.05, 3.63) is 47.5 Å². The first-order valence-electron chi connectivity index (χ1n) is 13.7. The predicted octanol–water partition coefficient (Wildman–Crippen LogP) is 3.16. The van der Waals surface area contributed by atoms with Crippen molar-refractivity contribution < 1.29 is 37.4 Å². The minimum atomic E-state index is -5.08. The van der Waals surface area contributed by atoms with Gasteiger partial charge in [0.15, 0.2) is 0 Å². The van der Waals surface area contributed by atoms with Crippen molar-refractivity contribution in [2.45, 2.75) is 39.2 Å². The zero-order valence-corrected chi connectivity index (χ0v) is 24.3. The van der Waals surface area contributed by atoms with E-state index in [0.717, 1.165) is 40.6 Å². The smallest absolute Gasteiger partial charge is 0.475 e. The summed E-state index contributed by atoms with van der Waals surface area (Å²) in [6, 6.07) is 5.72. The van der Waals surface area contributed by atoms with E-state index >= 15 is 0 Å². The van der Waals surface area contributed by atoms with Crippen LogP contribution in [0.4, 0.5) is 13.2 Å². The maximum atomic E-state index is 12.9. The molecule has 5 heterocycles. The number of aromatic nitrogens is 5. The highest BCUT2D eigenvalue weighted by atomic mass is 35.5. The highest BCUT2D eigenvalue weighted by molar-refractivity contribution is 6.32. The normalized spacial score (nSPS) is 22.7. The molecule has 232 valence electrons. The van der Waals surface area contributed by atoms with Gasteiger partial charge in [0.05, 0.1) is 54.9 Å². The molecule has 3 aliphatic rings. The summed E-state index contributed by atoms with van der Waals surface area (Å²) in [6.07, 6.45) is 0.0756. The highest BCUT2D eigenvalue weighted by Crippen LogP contribution is 2.63. The molecule has 16 heteroatoms. The minimum Gasteiger partial charge on any atom is -0.475 e. The molecular weight excluding hydrogens is 607 g/mol. The van der Waals surface area contributed by atoms with Gasteiger partial charge in [-0.1, -0.05) is 25.4 Å². The molecule has 3 unspecified atom stereocenters. The van der Waals surface area contributed by atoms with E-state index in [1.165, 1.54) is 11.2 Å². The molecular formula is C28H27ClF3N7O5. The quantitative estimate of drug-likeness (QED) is 0.317. The van der Waals surface area contributed by atoms with Crippen molar-refractivity contribution in [3.8, 4) is 11.3 Å². The molecule has 0 radical (unpaired) electrons. The molecule has 2 saturated heterocycles. The Morgan fingerprint density at radius 3 is 2.52 bits per heavy atom. The maximum absolute atomic E-state index is 12.9. The third kappa shape index (κ3) is 5.28. The third-order valence-electron chi connectivity index (χ3n) is 8.27. The lowest BCUT2D eigenvalue weighted by molar-refractivity contribution is -0.192. The second-order valence-corrected chi connectivity index (χ2v) is 12.0. The maximum Gasteiger partial charge on any atom is 0.490 e. The molecule has 12 nitrogen and oxygen atoms in total. The van der Waals surface area contributed by atoms with Crippen molar-refractivity contribution in [2.75, 3.05) is 19.7 Å². The highest BCUT2D eigenvalue weighted by Gasteiger charge is 2.72. The van der Waals surface area contributed by atoms with Gasteiger partial charge < -0.3 is 15.2 Å². The van der Waals surface area contributed by atoms with Crippen LogP contribution < -0.4 is 5.32 Å². The number of morpholine rings is 1. The minimum absolute atomic E-state index is 0.0115. The van der Waals surface area contributed by atoms with E-state index in [1.54, 1.807) is 10.7 Å². The van der Waals surface area contributed by atoms with Gasteiger partial charge in [0.1, 0.15) is 12.0 Å². The van der Waals surface area contributed by atoms with Crippen LogP contribution in [0.2, 0.25) is 5.02 Å². The van der Waals surface area contributed by atoms with Crippen LogP contribution in [0.15, 0.2) is 36.9 Å². The fourth-order valence-corrected chi connectivity index (χ4v) is 6.29. The first-order valence-corrected chi connectivity index (χ1v) is 14.1. The number of carboxylic acids is 1. The molecule has 2 N–H and O–H groups in total. The summed E-state index contributed by atoms with van der Waals surface area (Å²) in [4.78, 5) is 40.6. The number of alkyl halides is 3. The van der Waals surface area contributed by atoms with Crippen LogP contribution in [0.5, 0.6) is 0 Å². The number of amides is 2. The standard InChI is InChI=1S/C26H26ClN7O3.C2HF3O2/c1-26(2)20-21(26)25(36)32(24(20)35)10-14-5-19-22(29-13-31-33(19)11-14)18-7-16(27)6-15-8-30-34(23(15)18)12-17-9-28-3-4-37-17;3-2(4,5)1(6)7/h5-8,11,13,17,20-21,28H,3-4,9-10,12H2,1-2H3;(H,6,7). The molecule has 1 saturated carbocycles. The summed E-state index contributed by atoms with van der Waals surface area (Å²) in [5.41, 5.74) is 3.78. The molecule has 2 amide bonds. The molecule has 7 rings (SSSR count). The van der Waals surface area contributed by atoms with E-state index in [1.807, 2.05) is 42.9 Å². The number of nitrogens with zero attached hydrogens (tertiary/aromatic N) is 6. The fraction of sp³-hybridized carbons (Fsp3) is 0.429. The van der Waals surface area contributed by atoms with Crippen LogP contribution in [-0.2, 0) is 32.2 Å². The number of halogens is 4. The number of aliphatic carboxylic acids is 1. The van der Waals surface area contributed by atoms with Gasteiger partial charge in [0.2, 0.25) is 11.8 Å². The molecule has 3 atom stereocenters. The molecule has 0 spiro atoms. The van der Waals surface area contributed by atoms with E-state index in [0.29, 0.717) is 23.9 Å². The zero-order chi connectivity index (χ0) is 31.6. The van der Waals surface area contributed by atoms with Crippen molar-refractivity contribution in [1.29, 1.82) is 0 Å². The Balaban J connectivity index is 0.000000441. The summed E-state index contributed by atoms with van der Waals surface area (Å²) >= 11 is 6.51. The summed E-state index contributed by atoms with van der Waals surface area (Å²) in [5.74, 6) is -3.32. The Bertz CT molecular complexity index is 1770. The van der Waals surface area contributed by atoms with Crippen LogP contribution >= 0.6 is 11.6 Å². The molecule has 4 aromatic rings. The van der Waals surface area contributed by atoms with Gasteiger partial charge in [-0.15, -0.1) is 0 Å². The predicted molar refractivity (Wildman–Crippen MR) is 149 cm³/mol. The zero-order valence-electron chi connectivity index (χ0n) is 23.5. The molecule has 3 aromatic heterocycles. The van der Waals surface area contributed by atoms with Crippen LogP contribution in [0.1, 0.15) is 19.4 Å². The fourth-order valence-electron chi connectivity index (χ4n) is 6.06. The van der Waals surface area contributed by atoms with Crippen molar-refractivity contribution in [1.82, 2.24) is 34.6 Å². The van der Waals surface area contributed by atoms with Gasteiger partial charge in [-0.25, -0.2) is 14.3 Å². The van der Waals surface area contributed by atoms with E-state index in [9.17, 15) is 22.8 Å². The van der Waals surface area contributed by atoms with Crippen LogP contribution in [0.25, 0.3) is 27.7 Å². The number of benzene rings is 1. The lowest BCUT2D eigenvalue weighted by Crippen LogP contribution is -2.40. The van der Waals surface area contributed by atoms with Crippen LogP contribution in [0.3, 0.4) is 0 Å². The van der Waals surface area contributed by atoms with Gasteiger partial charge in [-0.2, -0.15) is 23.4 Å². The molecule has 1 aromatic carbocycles. The van der Waals surface area contributed by atoms with Gasteiger partial charge in [-0.05, 0) is 29.2 Å². The Morgan fingerprint density at radius 1 is 1.18 bits per heavy atom. The van der Waals surface area contributed by atoms with Gasteiger partial charge in [-0.3, -0.25) is 19.2 Å². The molecule has 3 fully saturated rings. The monoisotopic (exact) mass is 633 g/mol. The second-order valence-electron chi connectivity index (χ2n) is 11.5. The number of imide groups is 1. The molecule has 1 aliphatic carbocycles. The average molecular weight is 634 g/mol. The topological polar surface area (TPSA) is 144 Å². The number of carbonyl (C=O) groups is 3. The Morgan fingerprint density at radius 2 is 1.89 bits per heavy atom. The Hall–Kier alpha value is -4.08. The number of rotatable bonds is 5. The summed E-state index contributed by atoms with van der Waals surface area (Å²) in [6.45, 7) is 7.06. The summed E-state index contributed by atoms with van der Waals surface area (Å²) in [5, 5.41) is 21.0. The van der Waals surface area contributed by atoms with E-state index in [2.05, 4.69) is 20.5 Å². The Labute approximate surface area is 252 Å². The van der Waals surface area contributed by atoms with Crippen LogP contribution in [0, 0.1) is 17.3 Å². The van der Waals surface area contributed by atoms with Gasteiger partial charge in [0.25, 0.3) is 0 Å². The third-order valence-corrected chi connectivity index (χ3v) is 8.49. The average Bonchev–Trinajstić information content (AvgIpc) is 3.30. The van der Waals surface area contributed by atoms with Crippen LogP contribution in [-0.4, -0.2) is 84.1 Å². The number of hydrogen-bond donors (Lipinski definition) is 2. The molecule has 0 bridgehead atoms. The van der Waals surface area contributed by atoms with E-state index in [-0.39, 0.29) is 41.7 Å². The number of hydrogen-bond acceptors (Lipinski definition) is 8. The SMILES string of the molecule is CC1(C)C2C(=O)N(Cc3cc4c(-c5cc(Cl)cc6cnn(CC7CNCCO7)c56)ncnn4c3)C(=O)C21.O=C(O)C(F)(F)F. The first-order chi connectivity index (χ1) is 20.8. The first kappa shape index (κ1) is 30.0. The lowest BCUT2D eigenvalue weighted by Gasteiger charge is -2.24. The second kappa shape index (κ2) is 10.8. The van der Waals surface area contributed by atoms with Gasteiger partial charge >= 0.3 is 12.1 Å². The number of nitrogens with one attached hydrogen (secondary N) is 1. The largest absolute Gasteiger partial charge is 0.490 e. The van der Waals surface area contributed by atoms with Gasteiger partial charge in [0, 0.05) is 35.3 Å². The lowest BCUT2D eigenvalue weighted by atomic mass is 10.1. The number of carbonyl (C=O) groups excluding carboxylic acids is 2.